The lowest BCUT2D eigenvalue weighted by molar-refractivity contribution is -0.132. The van der Waals surface area contributed by atoms with Gasteiger partial charge in [0.25, 0.3) is 11.8 Å². The van der Waals surface area contributed by atoms with E-state index in [-0.39, 0.29) is 13.0 Å². The number of benzene rings is 2. The lowest BCUT2D eigenvalue weighted by atomic mass is 9.90. The molecule has 30 heavy (non-hydrogen) atoms. The highest BCUT2D eigenvalue weighted by atomic mass is 16.5. The van der Waals surface area contributed by atoms with Crippen molar-refractivity contribution >= 4 is 23.2 Å². The van der Waals surface area contributed by atoms with Crippen LogP contribution in [-0.2, 0) is 15.2 Å². The molecule has 0 bridgehead atoms. The monoisotopic (exact) mass is 409 g/mol. The molecule has 0 fully saturated rings. The van der Waals surface area contributed by atoms with Crippen LogP contribution in [0.5, 0.6) is 5.75 Å². The molecule has 158 valence electrons. The Morgan fingerprint density at radius 1 is 1.27 bits per heavy atom. The van der Waals surface area contributed by atoms with Crippen LogP contribution >= 0.6 is 0 Å². The maximum atomic E-state index is 12.3. The number of carbonyl (C=O) groups excluding carboxylic acids is 2. The number of nitrogens with zero attached hydrogens (tertiary/aromatic N) is 1. The number of hydrogen-bond donors (Lipinski definition) is 3. The predicted molar refractivity (Wildman–Crippen MR) is 116 cm³/mol. The molecule has 0 aliphatic carbocycles. The van der Waals surface area contributed by atoms with Crippen molar-refractivity contribution in [1.29, 1.82) is 0 Å². The molecule has 3 rings (SSSR count). The second kappa shape index (κ2) is 8.67. The largest absolute Gasteiger partial charge is 0.483 e. The van der Waals surface area contributed by atoms with Crippen molar-refractivity contribution in [2.24, 2.45) is 5.10 Å². The van der Waals surface area contributed by atoms with Crippen LogP contribution in [-0.4, -0.2) is 29.2 Å². The molecule has 0 saturated carbocycles. The quantitative estimate of drug-likeness (QED) is 0.483. The van der Waals surface area contributed by atoms with E-state index in [2.05, 4.69) is 29.7 Å². The average Bonchev–Trinajstić information content (AvgIpc) is 2.95. The molecular formula is C23H27N3O4. The smallest absolute Gasteiger partial charge is 0.277 e. The summed E-state index contributed by atoms with van der Waals surface area (Å²) in [6.45, 7) is 7.63. The van der Waals surface area contributed by atoms with Gasteiger partial charge in [0, 0.05) is 23.4 Å². The number of nitrogens with one attached hydrogen (secondary N) is 2. The third-order valence-corrected chi connectivity index (χ3v) is 5.10. The molecule has 2 aromatic carbocycles. The normalized spacial score (nSPS) is 18.2. The van der Waals surface area contributed by atoms with Crippen molar-refractivity contribution in [3.63, 3.8) is 0 Å². The highest BCUT2D eigenvalue weighted by molar-refractivity contribution is 6.07. The Balaban J connectivity index is 1.57. The van der Waals surface area contributed by atoms with Gasteiger partial charge in [-0.05, 0) is 43.0 Å². The highest BCUT2D eigenvalue weighted by Crippen LogP contribution is 2.38. The Hall–Kier alpha value is -3.19. The number of hydrazone groups is 1. The molecule has 1 aliphatic rings. The van der Waals surface area contributed by atoms with Crippen LogP contribution in [0, 0.1) is 6.92 Å². The van der Waals surface area contributed by atoms with Gasteiger partial charge in [0.2, 0.25) is 0 Å². The van der Waals surface area contributed by atoms with Crippen LogP contribution in [0.1, 0.15) is 49.8 Å². The third-order valence-electron chi connectivity index (χ3n) is 5.10. The maximum Gasteiger partial charge on any atom is 0.277 e. The van der Waals surface area contributed by atoms with Crippen LogP contribution in [0.15, 0.2) is 47.6 Å². The van der Waals surface area contributed by atoms with Crippen molar-refractivity contribution in [3.8, 4) is 5.75 Å². The lowest BCUT2D eigenvalue weighted by Crippen LogP contribution is -2.36. The predicted octanol–water partition coefficient (Wildman–Crippen LogP) is 3.22. The van der Waals surface area contributed by atoms with E-state index in [0.29, 0.717) is 28.6 Å². The Morgan fingerprint density at radius 2 is 2.00 bits per heavy atom. The molecule has 3 N–H and O–H groups in total. The van der Waals surface area contributed by atoms with Gasteiger partial charge in [0.05, 0.1) is 0 Å². The number of aliphatic hydroxyl groups is 1. The molecule has 1 atom stereocenters. The number of rotatable bonds is 7. The first-order valence-corrected chi connectivity index (χ1v) is 9.89. The van der Waals surface area contributed by atoms with Crippen molar-refractivity contribution in [3.05, 3.63) is 59.2 Å². The highest BCUT2D eigenvalue weighted by Gasteiger charge is 2.45. The third kappa shape index (κ3) is 4.52. The molecule has 7 nitrogen and oxygen atoms in total. The van der Waals surface area contributed by atoms with Gasteiger partial charge in [0.15, 0.2) is 12.2 Å². The minimum absolute atomic E-state index is 0.0350. The van der Waals surface area contributed by atoms with Gasteiger partial charge in [0.1, 0.15) is 5.75 Å². The Bertz CT molecular complexity index is 1000. The number of aryl methyl sites for hydroxylation is 1. The SMILES string of the molecule is C/C(C[C@]1(O)C(=O)Nc2ccccc21)=N/NC(=O)COc1ccc(C(C)C)cc1C. The Kier molecular flexibility index (Phi) is 6.22. The van der Waals surface area contributed by atoms with Crippen molar-refractivity contribution in [2.45, 2.75) is 45.6 Å². The molecule has 1 heterocycles. The molecule has 7 heteroatoms. The fourth-order valence-corrected chi connectivity index (χ4v) is 3.41. The fourth-order valence-electron chi connectivity index (χ4n) is 3.41. The number of anilines is 1. The zero-order valence-electron chi connectivity index (χ0n) is 17.7. The van der Waals surface area contributed by atoms with E-state index in [4.69, 9.17) is 4.74 Å². The topological polar surface area (TPSA) is 100 Å². The molecule has 2 aromatic rings. The number of hydrogen-bond acceptors (Lipinski definition) is 5. The van der Waals surface area contributed by atoms with Gasteiger partial charge in [-0.3, -0.25) is 9.59 Å². The van der Waals surface area contributed by atoms with Gasteiger partial charge in [-0.1, -0.05) is 44.2 Å². The first-order valence-electron chi connectivity index (χ1n) is 9.89. The molecule has 0 saturated heterocycles. The van der Waals surface area contributed by atoms with Gasteiger partial charge in [-0.2, -0.15) is 5.10 Å². The molecular weight excluding hydrogens is 382 g/mol. The summed E-state index contributed by atoms with van der Waals surface area (Å²) in [4.78, 5) is 24.4. The molecule has 2 amide bonds. The van der Waals surface area contributed by atoms with Gasteiger partial charge < -0.3 is 15.2 Å². The lowest BCUT2D eigenvalue weighted by Gasteiger charge is -2.20. The Labute approximate surface area is 176 Å². The summed E-state index contributed by atoms with van der Waals surface area (Å²) in [6.07, 6.45) is -0.0350. The summed E-state index contributed by atoms with van der Waals surface area (Å²) in [7, 11) is 0. The van der Waals surface area contributed by atoms with Gasteiger partial charge in [-0.15, -0.1) is 0 Å². The van der Waals surface area contributed by atoms with E-state index in [0.717, 1.165) is 5.56 Å². The second-order valence-corrected chi connectivity index (χ2v) is 7.89. The number of ether oxygens (including phenoxy) is 1. The molecule has 0 radical (unpaired) electrons. The summed E-state index contributed by atoms with van der Waals surface area (Å²) in [5.41, 5.74) is 4.36. The average molecular weight is 409 g/mol. The summed E-state index contributed by atoms with van der Waals surface area (Å²) in [5.74, 6) is 0.129. The van der Waals surface area contributed by atoms with Crippen LogP contribution < -0.4 is 15.5 Å². The van der Waals surface area contributed by atoms with Crippen LogP contribution in [0.2, 0.25) is 0 Å². The van der Waals surface area contributed by atoms with Crippen LogP contribution in [0.25, 0.3) is 0 Å². The summed E-state index contributed by atoms with van der Waals surface area (Å²) < 4.78 is 5.59. The molecule has 0 unspecified atom stereocenters. The van der Waals surface area contributed by atoms with Crippen LogP contribution in [0.3, 0.4) is 0 Å². The second-order valence-electron chi connectivity index (χ2n) is 7.89. The first kappa shape index (κ1) is 21.5. The maximum absolute atomic E-state index is 12.3. The molecule has 1 aliphatic heterocycles. The van der Waals surface area contributed by atoms with E-state index in [1.165, 1.54) is 5.56 Å². The summed E-state index contributed by atoms with van der Waals surface area (Å²) >= 11 is 0. The van der Waals surface area contributed by atoms with Crippen molar-refractivity contribution in [1.82, 2.24) is 5.43 Å². The zero-order valence-corrected chi connectivity index (χ0v) is 17.7. The van der Waals surface area contributed by atoms with Crippen LogP contribution in [0.4, 0.5) is 5.69 Å². The van der Waals surface area contributed by atoms with E-state index in [1.807, 2.05) is 25.1 Å². The molecule has 0 aromatic heterocycles. The number of carbonyl (C=O) groups is 2. The fraction of sp³-hybridized carbons (Fsp3) is 0.348. The van der Waals surface area contributed by atoms with Gasteiger partial charge >= 0.3 is 0 Å². The summed E-state index contributed by atoms with van der Waals surface area (Å²) in [6, 6.07) is 12.9. The zero-order chi connectivity index (χ0) is 21.9. The molecule has 0 spiro atoms. The van der Waals surface area contributed by atoms with E-state index in [1.54, 1.807) is 31.2 Å². The van der Waals surface area contributed by atoms with E-state index >= 15 is 0 Å². The first-order chi connectivity index (χ1) is 14.2. The minimum atomic E-state index is -1.71. The standard InChI is InChI=1S/C23H27N3O4/c1-14(2)17-9-10-20(15(3)11-17)30-13-21(27)26-25-16(4)12-23(29)18-7-5-6-8-19(18)24-22(23)28/h5-11,14,29H,12-13H2,1-4H3,(H,24,28)(H,26,27)/b25-16-/t23-/m1/s1. The van der Waals surface area contributed by atoms with Gasteiger partial charge in [-0.25, -0.2) is 5.43 Å². The summed E-state index contributed by atoms with van der Waals surface area (Å²) in [5, 5.41) is 17.5. The number of para-hydroxylation sites is 1. The number of amides is 2. The minimum Gasteiger partial charge on any atom is -0.483 e. The van der Waals surface area contributed by atoms with E-state index in [9.17, 15) is 14.7 Å². The van der Waals surface area contributed by atoms with Crippen molar-refractivity contribution in [2.75, 3.05) is 11.9 Å². The number of fused-ring (bicyclic) bond motifs is 1. The Morgan fingerprint density at radius 3 is 2.70 bits per heavy atom. The van der Waals surface area contributed by atoms with Crippen molar-refractivity contribution < 1.29 is 19.4 Å². The van der Waals surface area contributed by atoms with E-state index < -0.39 is 17.4 Å².